The highest BCUT2D eigenvalue weighted by molar-refractivity contribution is 6.32. The molecular formula is C16H27ClN4. The molecule has 2 rings (SSSR count). The van der Waals surface area contributed by atoms with Gasteiger partial charge in [0.05, 0.1) is 6.20 Å². The summed E-state index contributed by atoms with van der Waals surface area (Å²) in [6.07, 6.45) is 7.99. The highest BCUT2D eigenvalue weighted by Crippen LogP contribution is 2.32. The largest absolute Gasteiger partial charge is 0.354 e. The van der Waals surface area contributed by atoms with Crippen LogP contribution in [0.5, 0.6) is 0 Å². The van der Waals surface area contributed by atoms with Gasteiger partial charge in [-0.05, 0) is 32.1 Å². The van der Waals surface area contributed by atoms with Crippen molar-refractivity contribution in [2.75, 3.05) is 23.3 Å². The minimum Gasteiger partial charge on any atom is -0.354 e. The number of aromatic nitrogens is 2. The highest BCUT2D eigenvalue weighted by Gasteiger charge is 2.25. The summed E-state index contributed by atoms with van der Waals surface area (Å²) in [6, 6.07) is 0.575. The minimum atomic E-state index is 0.575. The van der Waals surface area contributed by atoms with E-state index in [0.29, 0.717) is 22.9 Å². The Morgan fingerprint density at radius 2 is 2.10 bits per heavy atom. The van der Waals surface area contributed by atoms with Crippen molar-refractivity contribution >= 4 is 23.4 Å². The van der Waals surface area contributed by atoms with Crippen molar-refractivity contribution < 1.29 is 0 Å². The van der Waals surface area contributed by atoms with E-state index in [1.165, 1.54) is 25.7 Å². The van der Waals surface area contributed by atoms with Crippen LogP contribution in [-0.4, -0.2) is 29.1 Å². The van der Waals surface area contributed by atoms with Crippen molar-refractivity contribution in [1.29, 1.82) is 0 Å². The van der Waals surface area contributed by atoms with Gasteiger partial charge in [0, 0.05) is 19.1 Å². The van der Waals surface area contributed by atoms with Gasteiger partial charge in [-0.1, -0.05) is 38.3 Å². The summed E-state index contributed by atoms with van der Waals surface area (Å²) in [6.45, 7) is 8.41. The number of halogens is 1. The lowest BCUT2D eigenvalue weighted by atomic mass is 10.1. The lowest BCUT2D eigenvalue weighted by Gasteiger charge is -2.31. The van der Waals surface area contributed by atoms with Crippen LogP contribution in [-0.2, 0) is 0 Å². The number of hydrogen-bond donors (Lipinski definition) is 1. The molecule has 1 aromatic rings. The number of rotatable bonds is 7. The van der Waals surface area contributed by atoms with Crippen LogP contribution in [0.2, 0.25) is 5.02 Å². The number of nitrogens with zero attached hydrogens (tertiary/aromatic N) is 3. The zero-order valence-electron chi connectivity index (χ0n) is 13.4. The number of nitrogens with one attached hydrogen (secondary N) is 1. The molecule has 118 valence electrons. The second-order valence-corrected chi connectivity index (χ2v) is 6.62. The Morgan fingerprint density at radius 3 is 2.71 bits per heavy atom. The summed E-state index contributed by atoms with van der Waals surface area (Å²) < 4.78 is 0. The average molecular weight is 311 g/mol. The first-order valence-corrected chi connectivity index (χ1v) is 8.52. The van der Waals surface area contributed by atoms with Crippen LogP contribution >= 0.6 is 11.6 Å². The molecule has 1 fully saturated rings. The Kier molecular flexibility index (Phi) is 6.09. The molecule has 1 aromatic heterocycles. The average Bonchev–Trinajstić information content (AvgIpc) is 2.96. The van der Waals surface area contributed by atoms with E-state index in [-0.39, 0.29) is 0 Å². The first-order valence-electron chi connectivity index (χ1n) is 8.14. The third kappa shape index (κ3) is 4.47. The van der Waals surface area contributed by atoms with Crippen LogP contribution in [0.25, 0.3) is 0 Å². The molecule has 0 unspecified atom stereocenters. The summed E-state index contributed by atoms with van der Waals surface area (Å²) in [4.78, 5) is 11.3. The van der Waals surface area contributed by atoms with E-state index in [1.807, 2.05) is 6.92 Å². The molecule has 0 aromatic carbocycles. The number of hydrogen-bond acceptors (Lipinski definition) is 4. The van der Waals surface area contributed by atoms with Crippen LogP contribution in [0.1, 0.15) is 52.9 Å². The van der Waals surface area contributed by atoms with Crippen molar-refractivity contribution in [1.82, 2.24) is 9.97 Å². The van der Waals surface area contributed by atoms with Crippen LogP contribution in [0.15, 0.2) is 6.20 Å². The van der Waals surface area contributed by atoms with Gasteiger partial charge in [0.1, 0.15) is 5.02 Å². The lowest BCUT2D eigenvalue weighted by molar-refractivity contribution is 0.525. The van der Waals surface area contributed by atoms with Crippen molar-refractivity contribution in [3.8, 4) is 0 Å². The van der Waals surface area contributed by atoms with E-state index in [0.717, 1.165) is 25.3 Å². The SMILES string of the molecule is CCNc1ncc(Cl)c(N(CCC(C)C)C2CCCC2)n1. The van der Waals surface area contributed by atoms with Gasteiger partial charge in [-0.3, -0.25) is 0 Å². The summed E-state index contributed by atoms with van der Waals surface area (Å²) >= 11 is 6.39. The molecule has 0 spiro atoms. The molecule has 1 aliphatic rings. The Bertz CT molecular complexity index is 444. The third-order valence-electron chi connectivity index (χ3n) is 4.05. The molecule has 1 aliphatic carbocycles. The van der Waals surface area contributed by atoms with E-state index in [9.17, 15) is 0 Å². The monoisotopic (exact) mass is 310 g/mol. The Hall–Kier alpha value is -1.03. The van der Waals surface area contributed by atoms with Crippen LogP contribution < -0.4 is 10.2 Å². The first-order chi connectivity index (χ1) is 10.1. The number of anilines is 2. The van der Waals surface area contributed by atoms with E-state index in [4.69, 9.17) is 11.6 Å². The Balaban J connectivity index is 2.23. The van der Waals surface area contributed by atoms with Crippen molar-refractivity contribution in [2.24, 2.45) is 5.92 Å². The van der Waals surface area contributed by atoms with Gasteiger partial charge in [-0.2, -0.15) is 4.98 Å². The molecule has 5 heteroatoms. The van der Waals surface area contributed by atoms with E-state index in [1.54, 1.807) is 6.20 Å². The molecule has 0 radical (unpaired) electrons. The van der Waals surface area contributed by atoms with Crippen molar-refractivity contribution in [3.63, 3.8) is 0 Å². The van der Waals surface area contributed by atoms with Gasteiger partial charge in [0.25, 0.3) is 0 Å². The van der Waals surface area contributed by atoms with E-state index in [2.05, 4.69) is 34.0 Å². The van der Waals surface area contributed by atoms with Gasteiger partial charge in [0.15, 0.2) is 5.82 Å². The normalized spacial score (nSPS) is 15.7. The van der Waals surface area contributed by atoms with Gasteiger partial charge < -0.3 is 10.2 Å². The zero-order valence-corrected chi connectivity index (χ0v) is 14.2. The molecule has 0 bridgehead atoms. The topological polar surface area (TPSA) is 41.1 Å². The fourth-order valence-electron chi connectivity index (χ4n) is 2.88. The fourth-order valence-corrected chi connectivity index (χ4v) is 3.08. The second-order valence-electron chi connectivity index (χ2n) is 6.21. The predicted molar refractivity (Wildman–Crippen MR) is 90.3 cm³/mol. The maximum atomic E-state index is 6.39. The maximum absolute atomic E-state index is 6.39. The lowest BCUT2D eigenvalue weighted by Crippen LogP contribution is -2.35. The summed E-state index contributed by atoms with van der Waals surface area (Å²) in [5.74, 6) is 2.25. The first kappa shape index (κ1) is 16.3. The van der Waals surface area contributed by atoms with Gasteiger partial charge in [-0.15, -0.1) is 0 Å². The summed E-state index contributed by atoms with van der Waals surface area (Å²) in [5, 5.41) is 3.84. The molecule has 1 heterocycles. The van der Waals surface area contributed by atoms with Crippen LogP contribution in [0.3, 0.4) is 0 Å². The van der Waals surface area contributed by atoms with Crippen molar-refractivity contribution in [2.45, 2.75) is 58.9 Å². The summed E-state index contributed by atoms with van der Waals surface area (Å²) in [7, 11) is 0. The molecule has 1 saturated carbocycles. The molecule has 4 nitrogen and oxygen atoms in total. The standard InChI is InChI=1S/C16H27ClN4/c1-4-18-16-19-11-14(17)15(20-16)21(10-9-12(2)3)13-7-5-6-8-13/h11-13H,4-10H2,1-3H3,(H,18,19,20). The zero-order chi connectivity index (χ0) is 15.2. The highest BCUT2D eigenvalue weighted by atomic mass is 35.5. The van der Waals surface area contributed by atoms with Crippen LogP contribution in [0, 0.1) is 5.92 Å². The smallest absolute Gasteiger partial charge is 0.224 e. The molecule has 0 aliphatic heterocycles. The molecule has 0 saturated heterocycles. The summed E-state index contributed by atoms with van der Waals surface area (Å²) in [5.41, 5.74) is 0. The quantitative estimate of drug-likeness (QED) is 0.812. The fraction of sp³-hybridized carbons (Fsp3) is 0.750. The van der Waals surface area contributed by atoms with Gasteiger partial charge >= 0.3 is 0 Å². The molecule has 0 atom stereocenters. The maximum Gasteiger partial charge on any atom is 0.224 e. The molecule has 0 amide bonds. The molecule has 1 N–H and O–H groups in total. The Labute approximate surface area is 133 Å². The third-order valence-corrected chi connectivity index (χ3v) is 4.31. The molecule has 21 heavy (non-hydrogen) atoms. The van der Waals surface area contributed by atoms with Gasteiger partial charge in [0.2, 0.25) is 5.95 Å². The van der Waals surface area contributed by atoms with E-state index < -0.39 is 0 Å². The van der Waals surface area contributed by atoms with Crippen LogP contribution in [0.4, 0.5) is 11.8 Å². The van der Waals surface area contributed by atoms with Gasteiger partial charge in [-0.25, -0.2) is 4.98 Å². The Morgan fingerprint density at radius 1 is 1.38 bits per heavy atom. The van der Waals surface area contributed by atoms with Crippen molar-refractivity contribution in [3.05, 3.63) is 11.2 Å². The minimum absolute atomic E-state index is 0.575. The molecular weight excluding hydrogens is 284 g/mol. The van der Waals surface area contributed by atoms with E-state index >= 15 is 0 Å². The predicted octanol–water partition coefficient (Wildman–Crippen LogP) is 4.36. The second kappa shape index (κ2) is 7.83.